The molecular weight excluding hydrogens is 488 g/mol. The van der Waals surface area contributed by atoms with Crippen LogP contribution in [0.1, 0.15) is 30.9 Å². The second-order valence-electron chi connectivity index (χ2n) is 8.34. The lowest BCUT2D eigenvalue weighted by Crippen LogP contribution is -2.34. The molecule has 176 valence electrons. The summed E-state index contributed by atoms with van der Waals surface area (Å²) >= 11 is 0. The van der Waals surface area contributed by atoms with Crippen LogP contribution in [0.3, 0.4) is 0 Å². The number of likely N-dealkylation sites (tertiary alicyclic amines) is 1. The first-order chi connectivity index (χ1) is 15.7. The van der Waals surface area contributed by atoms with Gasteiger partial charge in [-0.2, -0.15) is 0 Å². The first kappa shape index (κ1) is 23.4. The van der Waals surface area contributed by atoms with E-state index >= 15 is 0 Å². The maximum Gasteiger partial charge on any atom is 0.326 e. The van der Waals surface area contributed by atoms with E-state index in [0.29, 0.717) is 17.4 Å². The van der Waals surface area contributed by atoms with Crippen LogP contribution < -0.4 is 15.2 Å². The van der Waals surface area contributed by atoms with Gasteiger partial charge in [0.15, 0.2) is 17.1 Å². The first-order valence-corrected chi connectivity index (χ1v) is 11.1. The summed E-state index contributed by atoms with van der Waals surface area (Å²) < 4.78 is 18.2. The maximum absolute atomic E-state index is 12.2. The summed E-state index contributed by atoms with van der Waals surface area (Å²) in [5, 5.41) is 5.38. The van der Waals surface area contributed by atoms with Crippen molar-refractivity contribution < 1.29 is 14.0 Å². The average Bonchev–Trinajstić information content (AvgIpc) is 3.38. The van der Waals surface area contributed by atoms with E-state index in [0.717, 1.165) is 73.1 Å². The number of aromatic amines is 1. The Morgan fingerprint density at radius 3 is 2.58 bits per heavy atom. The fraction of sp³-hybridized carbons (Fsp3) is 0.417. The van der Waals surface area contributed by atoms with Crippen molar-refractivity contribution in [1.82, 2.24) is 19.6 Å². The van der Waals surface area contributed by atoms with Gasteiger partial charge in [-0.1, -0.05) is 17.3 Å². The van der Waals surface area contributed by atoms with Crippen LogP contribution in [0.15, 0.2) is 45.7 Å². The van der Waals surface area contributed by atoms with Crippen LogP contribution >= 0.6 is 17.0 Å². The van der Waals surface area contributed by atoms with Gasteiger partial charge in [0.2, 0.25) is 0 Å². The second kappa shape index (κ2) is 10.0. The number of aryl methyl sites for hydroxylation is 1. The van der Waals surface area contributed by atoms with Gasteiger partial charge in [-0.15, -0.1) is 17.0 Å². The monoisotopic (exact) mass is 516 g/mol. The lowest BCUT2D eigenvalue weighted by atomic mass is 9.91. The number of nitrogens with one attached hydrogen (secondary N) is 1. The number of para-hydroxylation sites is 2. The zero-order valence-electron chi connectivity index (χ0n) is 18.9. The summed E-state index contributed by atoms with van der Waals surface area (Å²) in [6.07, 6.45) is 3.00. The predicted molar refractivity (Wildman–Crippen MR) is 133 cm³/mol. The fourth-order valence-corrected chi connectivity index (χ4v) is 4.79. The molecule has 0 amide bonds. The molecule has 2 aromatic carbocycles. The van der Waals surface area contributed by atoms with Crippen molar-refractivity contribution in [2.75, 3.05) is 33.9 Å². The SMILES string of the molecule is Br.COc1cc2onc(C3CCN(CCCn4c(=O)[nH]c5ccccc54)CC3)c2cc1OC. The number of nitrogens with zero attached hydrogens (tertiary/aromatic N) is 3. The summed E-state index contributed by atoms with van der Waals surface area (Å²) in [5.74, 6) is 1.70. The van der Waals surface area contributed by atoms with E-state index in [-0.39, 0.29) is 22.7 Å². The van der Waals surface area contributed by atoms with Crippen molar-refractivity contribution in [1.29, 1.82) is 0 Å². The molecule has 0 aliphatic carbocycles. The van der Waals surface area contributed by atoms with E-state index in [2.05, 4.69) is 15.0 Å². The number of ether oxygens (including phenoxy) is 2. The van der Waals surface area contributed by atoms with Crippen LogP contribution in [0, 0.1) is 0 Å². The van der Waals surface area contributed by atoms with Crippen molar-refractivity contribution in [3.8, 4) is 11.5 Å². The normalized spacial score (nSPS) is 15.1. The van der Waals surface area contributed by atoms with Gasteiger partial charge in [0.1, 0.15) is 0 Å². The number of imidazole rings is 1. The van der Waals surface area contributed by atoms with Crippen LogP contribution in [0.25, 0.3) is 22.0 Å². The number of H-pyrrole nitrogens is 1. The number of rotatable bonds is 7. The number of benzene rings is 2. The molecule has 0 atom stereocenters. The summed E-state index contributed by atoms with van der Waals surface area (Å²) in [7, 11) is 3.26. The largest absolute Gasteiger partial charge is 0.493 e. The van der Waals surface area contributed by atoms with Gasteiger partial charge in [-0.3, -0.25) is 4.57 Å². The van der Waals surface area contributed by atoms with Crippen LogP contribution in [0.5, 0.6) is 11.5 Å². The van der Waals surface area contributed by atoms with E-state index < -0.39 is 0 Å². The van der Waals surface area contributed by atoms with Crippen molar-refractivity contribution >= 4 is 39.0 Å². The third kappa shape index (κ3) is 4.52. The minimum atomic E-state index is -0.0325. The number of hydrogen-bond donors (Lipinski definition) is 1. The predicted octanol–water partition coefficient (Wildman–Crippen LogP) is 4.34. The Kier molecular flexibility index (Phi) is 7.09. The van der Waals surface area contributed by atoms with E-state index in [9.17, 15) is 4.79 Å². The zero-order chi connectivity index (χ0) is 22.1. The van der Waals surface area contributed by atoms with Crippen molar-refractivity contribution in [2.24, 2.45) is 0 Å². The molecule has 1 saturated heterocycles. The molecule has 0 spiro atoms. The Hall–Kier alpha value is -2.78. The summed E-state index contributed by atoms with van der Waals surface area (Å²) in [6, 6.07) is 11.6. The highest BCUT2D eigenvalue weighted by atomic mass is 79.9. The van der Waals surface area contributed by atoms with Crippen LogP contribution in [0.4, 0.5) is 0 Å². The lowest BCUT2D eigenvalue weighted by Gasteiger charge is -2.31. The van der Waals surface area contributed by atoms with Gasteiger partial charge in [0.05, 0.1) is 30.9 Å². The molecule has 0 radical (unpaired) electrons. The van der Waals surface area contributed by atoms with Gasteiger partial charge >= 0.3 is 5.69 Å². The summed E-state index contributed by atoms with van der Waals surface area (Å²) in [5.41, 5.74) is 3.57. The number of methoxy groups -OCH3 is 2. The number of fused-ring (bicyclic) bond motifs is 2. The Morgan fingerprint density at radius 2 is 1.82 bits per heavy atom. The molecule has 33 heavy (non-hydrogen) atoms. The topological polar surface area (TPSA) is 85.5 Å². The summed E-state index contributed by atoms with van der Waals surface area (Å²) in [4.78, 5) is 17.7. The van der Waals surface area contributed by atoms with Crippen molar-refractivity contribution in [3.05, 3.63) is 52.6 Å². The molecule has 5 rings (SSSR count). The zero-order valence-corrected chi connectivity index (χ0v) is 20.6. The highest BCUT2D eigenvalue weighted by Gasteiger charge is 2.26. The van der Waals surface area contributed by atoms with Crippen molar-refractivity contribution in [3.63, 3.8) is 0 Å². The highest BCUT2D eigenvalue weighted by Crippen LogP contribution is 2.38. The molecular formula is C24H29BrN4O4. The molecule has 1 aliphatic heterocycles. The highest BCUT2D eigenvalue weighted by molar-refractivity contribution is 8.93. The Bertz CT molecular complexity index is 1290. The molecule has 9 heteroatoms. The van der Waals surface area contributed by atoms with E-state index in [1.165, 1.54) is 0 Å². The standard InChI is InChI=1S/C24H28N4O4.BrH/c1-30-21-14-17-20(15-22(21)31-2)32-26-23(17)16-8-12-27(13-9-16)10-5-11-28-19-7-4-3-6-18(19)25-24(28)29;/h3-4,6-7,14-16H,5,8-13H2,1-2H3,(H,25,29);1H. The van der Waals surface area contributed by atoms with Crippen molar-refractivity contribution in [2.45, 2.75) is 31.7 Å². The van der Waals surface area contributed by atoms with Gasteiger partial charge in [0, 0.05) is 23.9 Å². The molecule has 0 unspecified atom stereocenters. The summed E-state index contributed by atoms with van der Waals surface area (Å²) in [6.45, 7) is 3.71. The third-order valence-electron chi connectivity index (χ3n) is 6.52. The quantitative estimate of drug-likeness (QED) is 0.393. The van der Waals surface area contributed by atoms with Crippen LogP contribution in [-0.4, -0.2) is 53.5 Å². The Labute approximate surface area is 202 Å². The van der Waals surface area contributed by atoms with Gasteiger partial charge in [-0.05, 0) is 57.1 Å². The molecule has 8 nitrogen and oxygen atoms in total. The maximum atomic E-state index is 12.2. The third-order valence-corrected chi connectivity index (χ3v) is 6.52. The smallest absolute Gasteiger partial charge is 0.326 e. The molecule has 3 heterocycles. The molecule has 0 saturated carbocycles. The number of hydrogen-bond acceptors (Lipinski definition) is 6. The fourth-order valence-electron chi connectivity index (χ4n) is 4.79. The van der Waals surface area contributed by atoms with E-state index in [1.54, 1.807) is 14.2 Å². The minimum absolute atomic E-state index is 0. The Morgan fingerprint density at radius 1 is 1.09 bits per heavy atom. The van der Waals surface area contributed by atoms with Gasteiger partial charge in [0.25, 0.3) is 0 Å². The van der Waals surface area contributed by atoms with E-state index in [1.807, 2.05) is 41.0 Å². The second-order valence-corrected chi connectivity index (χ2v) is 8.34. The minimum Gasteiger partial charge on any atom is -0.493 e. The first-order valence-electron chi connectivity index (χ1n) is 11.1. The van der Waals surface area contributed by atoms with Crippen LogP contribution in [0.2, 0.25) is 0 Å². The van der Waals surface area contributed by atoms with Gasteiger partial charge < -0.3 is 23.9 Å². The molecule has 1 aliphatic rings. The molecule has 1 N–H and O–H groups in total. The van der Waals surface area contributed by atoms with E-state index in [4.69, 9.17) is 14.0 Å². The van der Waals surface area contributed by atoms with Crippen LogP contribution in [-0.2, 0) is 6.54 Å². The molecule has 2 aromatic heterocycles. The number of halogens is 1. The molecule has 4 aromatic rings. The lowest BCUT2D eigenvalue weighted by molar-refractivity contribution is 0.204. The number of aromatic nitrogens is 3. The molecule has 0 bridgehead atoms. The Balaban J connectivity index is 0.00000259. The van der Waals surface area contributed by atoms with Gasteiger partial charge in [-0.25, -0.2) is 4.79 Å². The molecule has 1 fully saturated rings. The average molecular weight is 517 g/mol. The number of piperidine rings is 1.